The van der Waals surface area contributed by atoms with Gasteiger partial charge in [-0.3, -0.25) is 4.72 Å². The molecule has 0 spiro atoms. The predicted molar refractivity (Wildman–Crippen MR) is 64.4 cm³/mol. The van der Waals surface area contributed by atoms with Crippen LogP contribution in [-0.4, -0.2) is 33.7 Å². The second-order valence-electron chi connectivity index (χ2n) is 2.84. The minimum atomic E-state index is -3.59. The highest BCUT2D eigenvalue weighted by atomic mass is 79.9. The summed E-state index contributed by atoms with van der Waals surface area (Å²) in [5.41, 5.74) is 0. The van der Waals surface area contributed by atoms with Crippen LogP contribution in [0.5, 0.6) is 0 Å². The van der Waals surface area contributed by atoms with Gasteiger partial charge >= 0.3 is 0 Å². The number of nitrogens with zero attached hydrogens (tertiary/aromatic N) is 1. The summed E-state index contributed by atoms with van der Waals surface area (Å²) in [6.07, 6.45) is 0. The van der Waals surface area contributed by atoms with Crippen LogP contribution in [0.1, 0.15) is 0 Å². The van der Waals surface area contributed by atoms with Crippen molar-refractivity contribution in [3.8, 4) is 0 Å². The van der Waals surface area contributed by atoms with Crippen LogP contribution >= 0.6 is 15.9 Å². The van der Waals surface area contributed by atoms with Gasteiger partial charge in [0.25, 0.3) is 10.2 Å². The van der Waals surface area contributed by atoms with Crippen molar-refractivity contribution in [2.75, 3.05) is 25.0 Å². The van der Waals surface area contributed by atoms with Crippen LogP contribution in [-0.2, 0) is 14.9 Å². The number of nitrogens with one attached hydrogen (secondary N) is 2. The van der Waals surface area contributed by atoms with Gasteiger partial charge in [0.1, 0.15) is 10.4 Å². The van der Waals surface area contributed by atoms with E-state index in [2.05, 4.69) is 30.4 Å². The van der Waals surface area contributed by atoms with Crippen LogP contribution in [0.4, 0.5) is 5.82 Å². The minimum Gasteiger partial charge on any atom is -0.383 e. The number of pyridine rings is 1. The lowest BCUT2D eigenvalue weighted by molar-refractivity contribution is 0.204. The zero-order valence-corrected chi connectivity index (χ0v) is 11.0. The summed E-state index contributed by atoms with van der Waals surface area (Å²) in [6.45, 7) is 0.520. The molecule has 0 radical (unpaired) electrons. The minimum absolute atomic E-state index is 0.208. The van der Waals surface area contributed by atoms with Crippen LogP contribution < -0.4 is 9.44 Å². The average Bonchev–Trinajstić information content (AvgIpc) is 2.17. The summed E-state index contributed by atoms with van der Waals surface area (Å²) in [5, 5.41) is 0. The van der Waals surface area contributed by atoms with Crippen LogP contribution in [0.15, 0.2) is 22.8 Å². The van der Waals surface area contributed by atoms with E-state index < -0.39 is 10.2 Å². The van der Waals surface area contributed by atoms with E-state index in [9.17, 15) is 8.42 Å². The lowest BCUT2D eigenvalue weighted by Gasteiger charge is -2.08. The van der Waals surface area contributed by atoms with Crippen LogP contribution in [0.2, 0.25) is 0 Å². The molecule has 0 aliphatic carbocycles. The molecule has 0 aliphatic heterocycles. The molecule has 0 aromatic carbocycles. The summed E-state index contributed by atoms with van der Waals surface area (Å²) in [4.78, 5) is 3.94. The highest BCUT2D eigenvalue weighted by Crippen LogP contribution is 2.10. The Kier molecular flexibility index (Phi) is 5.13. The first-order chi connectivity index (χ1) is 7.53. The Labute approximate surface area is 103 Å². The molecular weight excluding hydrogens is 298 g/mol. The van der Waals surface area contributed by atoms with Gasteiger partial charge in [-0.05, 0) is 28.1 Å². The number of hydrogen-bond acceptors (Lipinski definition) is 4. The van der Waals surface area contributed by atoms with Crippen molar-refractivity contribution in [3.63, 3.8) is 0 Å². The zero-order chi connectivity index (χ0) is 12.0. The average molecular weight is 310 g/mol. The Balaban J connectivity index is 2.59. The largest absolute Gasteiger partial charge is 0.383 e. The Morgan fingerprint density at radius 2 is 2.25 bits per heavy atom. The van der Waals surface area contributed by atoms with Gasteiger partial charge < -0.3 is 4.74 Å². The van der Waals surface area contributed by atoms with Gasteiger partial charge in [0.2, 0.25) is 0 Å². The number of methoxy groups -OCH3 is 1. The first-order valence-electron chi connectivity index (χ1n) is 4.42. The molecule has 1 aromatic heterocycles. The number of halogens is 1. The topological polar surface area (TPSA) is 80.3 Å². The maximum atomic E-state index is 11.5. The fourth-order valence-corrected chi connectivity index (χ4v) is 2.07. The third-order valence-electron chi connectivity index (χ3n) is 1.55. The van der Waals surface area contributed by atoms with E-state index in [1.807, 2.05) is 0 Å². The molecule has 6 nitrogen and oxygen atoms in total. The smallest absolute Gasteiger partial charge is 0.300 e. The summed E-state index contributed by atoms with van der Waals surface area (Å²) in [5.74, 6) is 0.249. The molecule has 0 amide bonds. The van der Waals surface area contributed by atoms with Crippen molar-refractivity contribution < 1.29 is 13.2 Å². The predicted octanol–water partition coefficient (Wildman–Crippen LogP) is 0.737. The zero-order valence-electron chi connectivity index (χ0n) is 8.60. The maximum absolute atomic E-state index is 11.5. The highest BCUT2D eigenvalue weighted by Gasteiger charge is 2.09. The number of rotatable bonds is 6. The molecule has 0 saturated carbocycles. The summed E-state index contributed by atoms with van der Waals surface area (Å²) < 4.78 is 32.8. The van der Waals surface area contributed by atoms with Crippen LogP contribution in [0.3, 0.4) is 0 Å². The van der Waals surface area contributed by atoms with E-state index in [0.717, 1.165) is 0 Å². The number of hydrogen-bond donors (Lipinski definition) is 2. The second kappa shape index (κ2) is 6.14. The monoisotopic (exact) mass is 309 g/mol. The second-order valence-corrected chi connectivity index (χ2v) is 5.15. The van der Waals surface area contributed by atoms with Gasteiger partial charge in [-0.25, -0.2) is 4.98 Å². The third kappa shape index (κ3) is 4.88. The van der Waals surface area contributed by atoms with E-state index in [-0.39, 0.29) is 12.4 Å². The maximum Gasteiger partial charge on any atom is 0.300 e. The molecule has 1 aromatic rings. The molecule has 0 saturated heterocycles. The fourth-order valence-electron chi connectivity index (χ4n) is 0.917. The Bertz CT molecular complexity index is 438. The quantitative estimate of drug-likeness (QED) is 0.600. The van der Waals surface area contributed by atoms with Crippen molar-refractivity contribution in [2.24, 2.45) is 0 Å². The number of ether oxygens (including phenoxy) is 1. The molecule has 8 heteroatoms. The van der Waals surface area contributed by atoms with E-state index >= 15 is 0 Å². The van der Waals surface area contributed by atoms with Gasteiger partial charge in [0, 0.05) is 13.7 Å². The van der Waals surface area contributed by atoms with Gasteiger partial charge in [-0.1, -0.05) is 6.07 Å². The molecular formula is C8H12BrN3O3S. The molecule has 1 rings (SSSR count). The van der Waals surface area contributed by atoms with Crippen molar-refractivity contribution in [3.05, 3.63) is 22.8 Å². The van der Waals surface area contributed by atoms with Crippen LogP contribution in [0, 0.1) is 0 Å². The SMILES string of the molecule is COCCNS(=O)(=O)Nc1cccc(Br)n1. The van der Waals surface area contributed by atoms with Gasteiger partial charge in [-0.2, -0.15) is 13.1 Å². The highest BCUT2D eigenvalue weighted by molar-refractivity contribution is 9.10. The van der Waals surface area contributed by atoms with Crippen molar-refractivity contribution in [2.45, 2.75) is 0 Å². The lowest BCUT2D eigenvalue weighted by atomic mass is 10.5. The summed E-state index contributed by atoms with van der Waals surface area (Å²) in [7, 11) is -2.09. The Morgan fingerprint density at radius 3 is 2.88 bits per heavy atom. The Morgan fingerprint density at radius 1 is 1.50 bits per heavy atom. The molecule has 0 fully saturated rings. The van der Waals surface area contributed by atoms with Gasteiger partial charge in [0.05, 0.1) is 6.61 Å². The molecule has 0 atom stereocenters. The van der Waals surface area contributed by atoms with Gasteiger partial charge in [0.15, 0.2) is 0 Å². The van der Waals surface area contributed by atoms with Crippen molar-refractivity contribution in [1.82, 2.24) is 9.71 Å². The third-order valence-corrected chi connectivity index (χ3v) is 3.06. The van der Waals surface area contributed by atoms with Crippen LogP contribution in [0.25, 0.3) is 0 Å². The molecule has 90 valence electrons. The Hall–Kier alpha value is -0.700. The standard InChI is InChI=1S/C8H12BrN3O3S/c1-15-6-5-10-16(13,14)12-8-4-2-3-7(9)11-8/h2-4,10H,5-6H2,1H3,(H,11,12). The molecule has 0 aliphatic rings. The van der Waals surface area contributed by atoms with Crippen molar-refractivity contribution in [1.29, 1.82) is 0 Å². The van der Waals surface area contributed by atoms with E-state index in [0.29, 0.717) is 11.2 Å². The van der Waals surface area contributed by atoms with Crippen molar-refractivity contribution >= 4 is 32.0 Å². The van der Waals surface area contributed by atoms with Gasteiger partial charge in [-0.15, -0.1) is 0 Å². The van der Waals surface area contributed by atoms with E-state index in [1.54, 1.807) is 18.2 Å². The first kappa shape index (κ1) is 13.4. The molecule has 0 bridgehead atoms. The summed E-state index contributed by atoms with van der Waals surface area (Å²) in [6, 6.07) is 4.94. The first-order valence-corrected chi connectivity index (χ1v) is 6.70. The van der Waals surface area contributed by atoms with E-state index in [1.165, 1.54) is 7.11 Å². The summed E-state index contributed by atoms with van der Waals surface area (Å²) >= 11 is 3.15. The molecule has 2 N–H and O–H groups in total. The lowest BCUT2D eigenvalue weighted by Crippen LogP contribution is -2.32. The molecule has 0 unspecified atom stereocenters. The molecule has 16 heavy (non-hydrogen) atoms. The van der Waals surface area contributed by atoms with E-state index in [4.69, 9.17) is 4.74 Å². The fraction of sp³-hybridized carbons (Fsp3) is 0.375. The normalized spacial score (nSPS) is 11.4. The molecule has 1 heterocycles. The number of anilines is 1. The number of aromatic nitrogens is 1.